The molecule has 1 aliphatic heterocycles. The van der Waals surface area contributed by atoms with Gasteiger partial charge in [0.1, 0.15) is 17.5 Å². The fourth-order valence-corrected chi connectivity index (χ4v) is 2.49. The van der Waals surface area contributed by atoms with Crippen molar-refractivity contribution in [2.24, 2.45) is 0 Å². The monoisotopic (exact) mass is 265 g/mol. The zero-order chi connectivity index (χ0) is 13.8. The largest absolute Gasteiger partial charge is 0.508 e. The van der Waals surface area contributed by atoms with E-state index in [2.05, 4.69) is 0 Å². The Morgan fingerprint density at radius 1 is 1.47 bits per heavy atom. The van der Waals surface area contributed by atoms with Gasteiger partial charge in [0.05, 0.1) is 7.11 Å². The Morgan fingerprint density at radius 2 is 2.26 bits per heavy atom. The van der Waals surface area contributed by atoms with Gasteiger partial charge in [-0.2, -0.15) is 0 Å². The molecule has 2 rings (SSSR count). The van der Waals surface area contributed by atoms with E-state index in [1.165, 1.54) is 0 Å². The fourth-order valence-electron chi connectivity index (χ4n) is 2.49. The van der Waals surface area contributed by atoms with E-state index in [1.807, 2.05) is 4.90 Å². The maximum Gasteiger partial charge on any atom is 0.320 e. The zero-order valence-corrected chi connectivity index (χ0v) is 11.0. The van der Waals surface area contributed by atoms with E-state index in [-0.39, 0.29) is 5.75 Å². The minimum Gasteiger partial charge on any atom is -0.508 e. The molecule has 1 saturated heterocycles. The van der Waals surface area contributed by atoms with Crippen LogP contribution in [-0.4, -0.2) is 40.8 Å². The normalized spacial score (nSPS) is 20.2. The lowest BCUT2D eigenvalue weighted by molar-refractivity contribution is -0.144. The van der Waals surface area contributed by atoms with Crippen LogP contribution in [0.15, 0.2) is 18.2 Å². The summed E-state index contributed by atoms with van der Waals surface area (Å²) in [5, 5.41) is 19.1. The van der Waals surface area contributed by atoms with Crippen molar-refractivity contribution in [3.63, 3.8) is 0 Å². The average Bonchev–Trinajstić information content (AvgIpc) is 2.41. The number of hydrogen-bond acceptors (Lipinski definition) is 4. The maximum atomic E-state index is 11.2. The first-order chi connectivity index (χ1) is 9.11. The Balaban J connectivity index is 2.16. The van der Waals surface area contributed by atoms with Crippen molar-refractivity contribution >= 4 is 5.97 Å². The molecule has 0 saturated carbocycles. The molecule has 1 aliphatic rings. The number of rotatable bonds is 4. The van der Waals surface area contributed by atoms with Crippen LogP contribution in [0, 0.1) is 0 Å². The number of ether oxygens (including phenoxy) is 1. The summed E-state index contributed by atoms with van der Waals surface area (Å²) >= 11 is 0. The molecule has 5 nitrogen and oxygen atoms in total. The lowest BCUT2D eigenvalue weighted by Crippen LogP contribution is -2.44. The number of aromatic hydroxyl groups is 1. The lowest BCUT2D eigenvalue weighted by atomic mass is 10.0. The summed E-state index contributed by atoms with van der Waals surface area (Å²) in [5.41, 5.74) is 0.701. The molecule has 2 N–H and O–H groups in total. The third kappa shape index (κ3) is 3.17. The van der Waals surface area contributed by atoms with Crippen LogP contribution in [0.25, 0.3) is 0 Å². The van der Waals surface area contributed by atoms with E-state index < -0.39 is 12.0 Å². The van der Waals surface area contributed by atoms with Crippen LogP contribution in [0.1, 0.15) is 24.8 Å². The molecule has 1 aromatic carbocycles. The van der Waals surface area contributed by atoms with Gasteiger partial charge in [-0.3, -0.25) is 9.69 Å². The highest BCUT2D eigenvalue weighted by Gasteiger charge is 2.28. The Morgan fingerprint density at radius 3 is 2.95 bits per heavy atom. The molecule has 1 unspecified atom stereocenters. The second-order valence-corrected chi connectivity index (χ2v) is 4.81. The summed E-state index contributed by atoms with van der Waals surface area (Å²) < 4.78 is 5.13. The van der Waals surface area contributed by atoms with E-state index >= 15 is 0 Å². The number of nitrogens with zero attached hydrogens (tertiary/aromatic N) is 1. The SMILES string of the molecule is COc1ccc(O)c(CN2CCCCC2C(=O)O)c1. The highest BCUT2D eigenvalue weighted by Crippen LogP contribution is 2.27. The second kappa shape index (κ2) is 5.93. The standard InChI is InChI=1S/C14H19NO4/c1-19-11-5-6-13(16)10(8-11)9-15-7-3-2-4-12(15)14(17)18/h5-6,8,12,16H,2-4,7,9H2,1H3,(H,17,18). The molecule has 1 atom stereocenters. The zero-order valence-electron chi connectivity index (χ0n) is 11.0. The third-order valence-corrected chi connectivity index (χ3v) is 3.56. The first-order valence-corrected chi connectivity index (χ1v) is 6.44. The Hall–Kier alpha value is -1.75. The predicted octanol–water partition coefficient (Wildman–Crippen LogP) is 1.84. The summed E-state index contributed by atoms with van der Waals surface area (Å²) in [6.07, 6.45) is 2.60. The van der Waals surface area contributed by atoms with Crippen LogP contribution < -0.4 is 4.74 Å². The minimum atomic E-state index is -0.790. The van der Waals surface area contributed by atoms with Gasteiger partial charge in [0.25, 0.3) is 0 Å². The van der Waals surface area contributed by atoms with Crippen LogP contribution in [0.2, 0.25) is 0 Å². The van der Waals surface area contributed by atoms with Gasteiger partial charge in [0.15, 0.2) is 0 Å². The number of hydrogen-bond donors (Lipinski definition) is 2. The van der Waals surface area contributed by atoms with Crippen molar-refractivity contribution in [3.8, 4) is 11.5 Å². The molecule has 0 aromatic heterocycles. The summed E-state index contributed by atoms with van der Waals surface area (Å²) in [6.45, 7) is 1.17. The molecule has 1 heterocycles. The van der Waals surface area contributed by atoms with Gasteiger partial charge in [-0.25, -0.2) is 0 Å². The van der Waals surface area contributed by atoms with E-state index in [4.69, 9.17) is 4.74 Å². The molecule has 0 amide bonds. The number of carbonyl (C=O) groups is 1. The van der Waals surface area contributed by atoms with Gasteiger partial charge in [0, 0.05) is 12.1 Å². The Bertz CT molecular complexity index is 461. The summed E-state index contributed by atoms with van der Waals surface area (Å²) in [7, 11) is 1.57. The summed E-state index contributed by atoms with van der Waals surface area (Å²) in [4.78, 5) is 13.1. The molecule has 5 heteroatoms. The van der Waals surface area contributed by atoms with Crippen molar-refractivity contribution in [2.45, 2.75) is 31.8 Å². The topological polar surface area (TPSA) is 70.0 Å². The number of phenols is 1. The van der Waals surface area contributed by atoms with E-state index in [0.717, 1.165) is 19.4 Å². The number of carboxylic acids is 1. The van der Waals surface area contributed by atoms with Crippen molar-refractivity contribution in [1.29, 1.82) is 0 Å². The second-order valence-electron chi connectivity index (χ2n) is 4.81. The Kier molecular flexibility index (Phi) is 4.27. The Labute approximate surface area is 112 Å². The maximum absolute atomic E-state index is 11.2. The highest BCUT2D eigenvalue weighted by molar-refractivity contribution is 5.73. The van der Waals surface area contributed by atoms with Crippen LogP contribution in [0.4, 0.5) is 0 Å². The summed E-state index contributed by atoms with van der Waals surface area (Å²) in [5.74, 6) is 0.0503. The number of carboxylic acid groups (broad SMARTS) is 1. The first-order valence-electron chi connectivity index (χ1n) is 6.44. The van der Waals surface area contributed by atoms with Crippen molar-refractivity contribution in [2.75, 3.05) is 13.7 Å². The lowest BCUT2D eigenvalue weighted by Gasteiger charge is -2.33. The molecular weight excluding hydrogens is 246 g/mol. The number of aliphatic carboxylic acids is 1. The van der Waals surface area contributed by atoms with E-state index in [0.29, 0.717) is 24.3 Å². The average molecular weight is 265 g/mol. The van der Waals surface area contributed by atoms with Crippen LogP contribution in [0.3, 0.4) is 0 Å². The van der Waals surface area contributed by atoms with E-state index in [9.17, 15) is 15.0 Å². The van der Waals surface area contributed by atoms with Crippen molar-refractivity contribution < 1.29 is 19.7 Å². The number of piperidine rings is 1. The minimum absolute atomic E-state index is 0.176. The van der Waals surface area contributed by atoms with Crippen molar-refractivity contribution in [1.82, 2.24) is 4.90 Å². The van der Waals surface area contributed by atoms with Crippen LogP contribution in [0.5, 0.6) is 11.5 Å². The molecule has 0 bridgehead atoms. The smallest absolute Gasteiger partial charge is 0.320 e. The van der Waals surface area contributed by atoms with Gasteiger partial charge >= 0.3 is 5.97 Å². The fraction of sp³-hybridized carbons (Fsp3) is 0.500. The quantitative estimate of drug-likeness (QED) is 0.869. The van der Waals surface area contributed by atoms with Gasteiger partial charge in [-0.1, -0.05) is 6.42 Å². The van der Waals surface area contributed by atoms with Gasteiger partial charge in [0.2, 0.25) is 0 Å². The number of methoxy groups -OCH3 is 1. The number of phenolic OH excluding ortho intramolecular Hbond substituents is 1. The van der Waals surface area contributed by atoms with Gasteiger partial charge in [-0.15, -0.1) is 0 Å². The molecule has 0 spiro atoms. The van der Waals surface area contributed by atoms with Crippen molar-refractivity contribution in [3.05, 3.63) is 23.8 Å². The van der Waals surface area contributed by atoms with Gasteiger partial charge in [-0.05, 0) is 37.6 Å². The highest BCUT2D eigenvalue weighted by atomic mass is 16.5. The number of likely N-dealkylation sites (tertiary alicyclic amines) is 1. The molecule has 0 aliphatic carbocycles. The third-order valence-electron chi connectivity index (χ3n) is 3.56. The molecule has 19 heavy (non-hydrogen) atoms. The first kappa shape index (κ1) is 13.7. The number of benzene rings is 1. The molecule has 1 aromatic rings. The molecule has 1 fully saturated rings. The van der Waals surface area contributed by atoms with Crippen LogP contribution in [-0.2, 0) is 11.3 Å². The van der Waals surface area contributed by atoms with Gasteiger partial charge < -0.3 is 14.9 Å². The molecule has 104 valence electrons. The molecular formula is C14H19NO4. The molecule has 0 radical (unpaired) electrons. The van der Waals surface area contributed by atoms with Crippen LogP contribution >= 0.6 is 0 Å². The van der Waals surface area contributed by atoms with E-state index in [1.54, 1.807) is 25.3 Å². The predicted molar refractivity (Wildman–Crippen MR) is 70.3 cm³/mol. The summed E-state index contributed by atoms with van der Waals surface area (Å²) in [6, 6.07) is 4.56.